The number of hydrogen-bond donors (Lipinski definition) is 1. The highest BCUT2D eigenvalue weighted by atomic mass is 19.1. The first-order valence-electron chi connectivity index (χ1n) is 2.46. The Morgan fingerprint density at radius 1 is 1.40 bits per heavy atom. The number of halogens is 2. The van der Waals surface area contributed by atoms with Crippen LogP contribution < -0.4 is 0 Å². The number of carbonyl (C=O) groups excluding carboxylic acids is 2. The maximum Gasteiger partial charge on any atom is 0.319 e. The summed E-state index contributed by atoms with van der Waals surface area (Å²) < 4.78 is 23.5. The van der Waals surface area contributed by atoms with Crippen molar-refractivity contribution in [2.75, 3.05) is 6.61 Å². The molecule has 0 heterocycles. The first-order chi connectivity index (χ1) is 4.45. The van der Waals surface area contributed by atoms with Gasteiger partial charge < -0.3 is 5.11 Å². The van der Waals surface area contributed by atoms with Crippen LogP contribution in [0, 0.1) is 5.41 Å². The molecule has 0 saturated carbocycles. The van der Waals surface area contributed by atoms with Crippen molar-refractivity contribution in [2.45, 2.75) is 6.92 Å². The van der Waals surface area contributed by atoms with Gasteiger partial charge in [-0.3, -0.25) is 9.59 Å². The highest BCUT2D eigenvalue weighted by Crippen LogP contribution is 2.19. The number of rotatable bonds is 3. The molecule has 10 heavy (non-hydrogen) atoms. The molecule has 0 aliphatic rings. The van der Waals surface area contributed by atoms with Crippen LogP contribution in [0.4, 0.5) is 8.78 Å². The summed E-state index contributed by atoms with van der Waals surface area (Å²) in [5, 5.41) is 8.20. The summed E-state index contributed by atoms with van der Waals surface area (Å²) >= 11 is 0. The van der Waals surface area contributed by atoms with Gasteiger partial charge in [0.1, 0.15) is 0 Å². The van der Waals surface area contributed by atoms with Crippen molar-refractivity contribution in [1.82, 2.24) is 0 Å². The van der Waals surface area contributed by atoms with Crippen molar-refractivity contribution in [1.29, 1.82) is 0 Å². The third kappa shape index (κ3) is 1.36. The number of carbonyl (C=O) groups is 2. The van der Waals surface area contributed by atoms with Gasteiger partial charge in [0, 0.05) is 0 Å². The molecule has 0 aliphatic carbocycles. The summed E-state index contributed by atoms with van der Waals surface area (Å²) in [5.74, 6) is 0. The van der Waals surface area contributed by atoms with E-state index in [9.17, 15) is 18.4 Å². The van der Waals surface area contributed by atoms with Crippen LogP contribution in [0.1, 0.15) is 6.92 Å². The summed E-state index contributed by atoms with van der Waals surface area (Å²) in [4.78, 5) is 19.7. The van der Waals surface area contributed by atoms with Crippen LogP contribution >= 0.6 is 0 Å². The van der Waals surface area contributed by atoms with Crippen LogP contribution in [0.3, 0.4) is 0 Å². The fourth-order valence-electron chi connectivity index (χ4n) is 0.202. The Labute approximate surface area is 55.6 Å². The lowest BCUT2D eigenvalue weighted by molar-refractivity contribution is -0.155. The molecule has 0 spiro atoms. The third-order valence-electron chi connectivity index (χ3n) is 1.18. The molecule has 0 fully saturated rings. The molecule has 58 valence electrons. The van der Waals surface area contributed by atoms with Crippen LogP contribution in [0.25, 0.3) is 0 Å². The molecule has 0 bridgehead atoms. The molecule has 3 nitrogen and oxygen atoms in total. The zero-order valence-corrected chi connectivity index (χ0v) is 5.23. The molecular formula is C5H6F2O3. The standard InChI is InChI=1S/C5H6F2O3/c1-5(2-8,3(6)9)4(7)10/h8H,2H2,1H3. The lowest BCUT2D eigenvalue weighted by Gasteiger charge is -2.12. The van der Waals surface area contributed by atoms with Crippen molar-refractivity contribution in [3.8, 4) is 0 Å². The molecule has 0 rings (SSSR count). The van der Waals surface area contributed by atoms with E-state index in [0.717, 1.165) is 0 Å². The Kier molecular flexibility index (Phi) is 2.59. The van der Waals surface area contributed by atoms with Gasteiger partial charge in [-0.05, 0) is 6.92 Å². The van der Waals surface area contributed by atoms with E-state index in [2.05, 4.69) is 0 Å². The van der Waals surface area contributed by atoms with Gasteiger partial charge >= 0.3 is 12.1 Å². The molecule has 0 aromatic rings. The van der Waals surface area contributed by atoms with E-state index in [1.807, 2.05) is 0 Å². The number of hydrogen-bond acceptors (Lipinski definition) is 3. The van der Waals surface area contributed by atoms with Gasteiger partial charge in [0.15, 0.2) is 5.41 Å². The van der Waals surface area contributed by atoms with Crippen LogP contribution in [-0.4, -0.2) is 23.8 Å². The smallest absolute Gasteiger partial charge is 0.319 e. The zero-order chi connectivity index (χ0) is 8.36. The van der Waals surface area contributed by atoms with E-state index in [-0.39, 0.29) is 0 Å². The second-order valence-electron chi connectivity index (χ2n) is 2.04. The van der Waals surface area contributed by atoms with Crippen LogP contribution in [-0.2, 0) is 9.59 Å². The Bertz CT molecular complexity index is 152. The minimum Gasteiger partial charge on any atom is -0.395 e. The van der Waals surface area contributed by atoms with Crippen molar-refractivity contribution < 1.29 is 23.5 Å². The minimum absolute atomic E-state index is 0.692. The van der Waals surface area contributed by atoms with Crippen molar-refractivity contribution in [3.05, 3.63) is 0 Å². The molecule has 1 N–H and O–H groups in total. The van der Waals surface area contributed by atoms with Crippen LogP contribution in [0.2, 0.25) is 0 Å². The fraction of sp³-hybridized carbons (Fsp3) is 0.600. The summed E-state index contributed by atoms with van der Waals surface area (Å²) in [6, 6.07) is -4.33. The average Bonchev–Trinajstić information content (AvgIpc) is 1.85. The van der Waals surface area contributed by atoms with Crippen molar-refractivity contribution in [3.63, 3.8) is 0 Å². The van der Waals surface area contributed by atoms with Crippen LogP contribution in [0.15, 0.2) is 0 Å². The molecule has 5 heteroatoms. The molecule has 0 amide bonds. The monoisotopic (exact) mass is 152 g/mol. The zero-order valence-electron chi connectivity index (χ0n) is 5.23. The van der Waals surface area contributed by atoms with Gasteiger partial charge in [0.25, 0.3) is 0 Å². The van der Waals surface area contributed by atoms with Crippen molar-refractivity contribution >= 4 is 12.1 Å². The van der Waals surface area contributed by atoms with Gasteiger partial charge in [-0.15, -0.1) is 0 Å². The summed E-state index contributed by atoms with van der Waals surface area (Å²) in [5.41, 5.74) is -2.51. The van der Waals surface area contributed by atoms with E-state index in [1.165, 1.54) is 0 Å². The molecule has 0 aromatic heterocycles. The normalized spacial score (nSPS) is 11.2. The summed E-state index contributed by atoms with van der Waals surface area (Å²) in [6.45, 7) is -0.463. The van der Waals surface area contributed by atoms with Crippen LogP contribution in [0.5, 0.6) is 0 Å². The maximum absolute atomic E-state index is 11.7. The summed E-state index contributed by atoms with van der Waals surface area (Å²) in [7, 11) is 0. The topological polar surface area (TPSA) is 54.4 Å². The Balaban J connectivity index is 4.55. The third-order valence-corrected chi connectivity index (χ3v) is 1.18. The molecule has 0 radical (unpaired) electrons. The summed E-state index contributed by atoms with van der Waals surface area (Å²) in [6.07, 6.45) is 0. The van der Waals surface area contributed by atoms with Gasteiger partial charge in [-0.25, -0.2) is 0 Å². The van der Waals surface area contributed by atoms with E-state index in [1.54, 1.807) is 0 Å². The molecule has 0 saturated heterocycles. The molecule has 0 aliphatic heterocycles. The van der Waals surface area contributed by atoms with Gasteiger partial charge in [-0.1, -0.05) is 0 Å². The fourth-order valence-corrected chi connectivity index (χ4v) is 0.202. The molecule has 0 atom stereocenters. The average molecular weight is 152 g/mol. The second kappa shape index (κ2) is 2.83. The van der Waals surface area contributed by atoms with Gasteiger partial charge in [0.2, 0.25) is 0 Å². The van der Waals surface area contributed by atoms with E-state index < -0.39 is 24.1 Å². The number of aliphatic hydroxyl groups excluding tert-OH is 1. The molecular weight excluding hydrogens is 146 g/mol. The second-order valence-corrected chi connectivity index (χ2v) is 2.04. The quantitative estimate of drug-likeness (QED) is 0.456. The first-order valence-corrected chi connectivity index (χ1v) is 2.46. The molecule has 0 unspecified atom stereocenters. The van der Waals surface area contributed by atoms with Gasteiger partial charge in [0.05, 0.1) is 6.61 Å². The highest BCUT2D eigenvalue weighted by molar-refractivity contribution is 5.98. The Morgan fingerprint density at radius 2 is 1.70 bits per heavy atom. The molecule has 0 aromatic carbocycles. The lowest BCUT2D eigenvalue weighted by Crippen LogP contribution is -2.35. The maximum atomic E-state index is 11.7. The first kappa shape index (κ1) is 9.16. The highest BCUT2D eigenvalue weighted by Gasteiger charge is 2.41. The van der Waals surface area contributed by atoms with Crippen molar-refractivity contribution in [2.24, 2.45) is 5.41 Å². The predicted molar refractivity (Wildman–Crippen MR) is 27.4 cm³/mol. The minimum atomic E-state index is -2.51. The lowest BCUT2D eigenvalue weighted by atomic mass is 9.94. The van der Waals surface area contributed by atoms with Gasteiger partial charge in [-0.2, -0.15) is 8.78 Å². The van der Waals surface area contributed by atoms with E-state index in [0.29, 0.717) is 6.92 Å². The SMILES string of the molecule is CC(CO)(C(=O)F)C(=O)F. The number of aliphatic hydroxyl groups is 1. The van der Waals surface area contributed by atoms with E-state index >= 15 is 0 Å². The van der Waals surface area contributed by atoms with E-state index in [4.69, 9.17) is 5.11 Å². The predicted octanol–water partition coefficient (Wildman–Crippen LogP) is -0.0228. The largest absolute Gasteiger partial charge is 0.395 e. The Morgan fingerprint density at radius 3 is 1.70 bits per heavy atom. The Hall–Kier alpha value is -0.840.